The third-order valence-electron chi connectivity index (χ3n) is 3.57. The van der Waals surface area contributed by atoms with Crippen molar-refractivity contribution in [2.45, 2.75) is 19.8 Å². The van der Waals surface area contributed by atoms with E-state index in [0.717, 1.165) is 23.2 Å². The number of nitrogens with one attached hydrogen (secondary N) is 1. The van der Waals surface area contributed by atoms with Crippen LogP contribution in [0.3, 0.4) is 0 Å². The summed E-state index contributed by atoms with van der Waals surface area (Å²) >= 11 is 0. The third kappa shape index (κ3) is 4.62. The second kappa shape index (κ2) is 8.77. The minimum Gasteiger partial charge on any atom is -0.493 e. The van der Waals surface area contributed by atoms with Gasteiger partial charge in [0.15, 0.2) is 11.5 Å². The molecule has 0 aliphatic heterocycles. The lowest BCUT2D eigenvalue weighted by Crippen LogP contribution is -2.11. The van der Waals surface area contributed by atoms with E-state index >= 15 is 0 Å². The number of carbonyl (C=O) groups excluding carboxylic acids is 1. The molecule has 2 aromatic carbocycles. The Hall–Kier alpha value is -2.75. The third-order valence-corrected chi connectivity index (χ3v) is 3.57. The molecule has 0 bridgehead atoms. The van der Waals surface area contributed by atoms with Gasteiger partial charge in [-0.25, -0.2) is 0 Å². The first-order valence-corrected chi connectivity index (χ1v) is 7.97. The normalized spacial score (nSPS) is 10.6. The molecule has 0 aliphatic carbocycles. The fourth-order valence-corrected chi connectivity index (χ4v) is 2.34. The van der Waals surface area contributed by atoms with Crippen molar-refractivity contribution in [3.8, 4) is 11.5 Å². The van der Waals surface area contributed by atoms with Crippen molar-refractivity contribution in [2.24, 2.45) is 0 Å². The summed E-state index contributed by atoms with van der Waals surface area (Å²) in [5.74, 6) is 1.41. The van der Waals surface area contributed by atoms with Gasteiger partial charge in [-0.15, -0.1) is 0 Å². The molecular weight excluding hydrogens is 302 g/mol. The zero-order valence-corrected chi connectivity index (χ0v) is 14.3. The number of hydrogen-bond donors (Lipinski definition) is 1. The summed E-state index contributed by atoms with van der Waals surface area (Å²) in [7, 11) is 3.23. The van der Waals surface area contributed by atoms with Crippen molar-refractivity contribution in [2.75, 3.05) is 19.5 Å². The highest BCUT2D eigenvalue weighted by Gasteiger charge is 2.05. The summed E-state index contributed by atoms with van der Waals surface area (Å²) in [6, 6.07) is 13.5. The van der Waals surface area contributed by atoms with Crippen molar-refractivity contribution in [3.05, 3.63) is 53.6 Å². The quantitative estimate of drug-likeness (QED) is 0.756. The molecule has 0 fully saturated rings. The van der Waals surface area contributed by atoms with Crippen molar-refractivity contribution in [1.29, 1.82) is 0 Å². The van der Waals surface area contributed by atoms with E-state index in [1.165, 1.54) is 0 Å². The Labute approximate surface area is 143 Å². The van der Waals surface area contributed by atoms with E-state index in [2.05, 4.69) is 5.32 Å². The molecule has 0 aliphatic rings. The molecule has 0 spiro atoms. The highest BCUT2D eigenvalue weighted by atomic mass is 16.5. The Morgan fingerprint density at radius 2 is 1.79 bits per heavy atom. The van der Waals surface area contributed by atoms with Crippen molar-refractivity contribution in [1.82, 2.24) is 0 Å². The van der Waals surface area contributed by atoms with Crippen LogP contribution in [-0.4, -0.2) is 20.1 Å². The second-order valence-corrected chi connectivity index (χ2v) is 5.33. The molecule has 0 radical (unpaired) electrons. The van der Waals surface area contributed by atoms with Gasteiger partial charge in [-0.3, -0.25) is 4.79 Å². The number of rotatable bonds is 7. The lowest BCUT2D eigenvalue weighted by molar-refractivity contribution is -0.116. The molecule has 0 heterocycles. The first-order chi connectivity index (χ1) is 11.7. The SMILES string of the molecule is CCCC(=O)Nc1ccccc1/C=C/c1ccc(OC)c(OC)c1. The van der Waals surface area contributed by atoms with Crippen LogP contribution in [0.15, 0.2) is 42.5 Å². The van der Waals surface area contributed by atoms with Gasteiger partial charge in [-0.2, -0.15) is 0 Å². The monoisotopic (exact) mass is 325 g/mol. The van der Waals surface area contributed by atoms with Gasteiger partial charge in [0.2, 0.25) is 5.91 Å². The Morgan fingerprint density at radius 3 is 2.50 bits per heavy atom. The topological polar surface area (TPSA) is 47.6 Å². The standard InChI is InChI=1S/C20H23NO3/c1-4-7-20(22)21-17-9-6-5-8-16(17)12-10-15-11-13-18(23-2)19(14-15)24-3/h5-6,8-14H,4,7H2,1-3H3,(H,21,22)/b12-10+. The van der Waals surface area contributed by atoms with Gasteiger partial charge < -0.3 is 14.8 Å². The highest BCUT2D eigenvalue weighted by molar-refractivity contribution is 5.93. The fraction of sp³-hybridized carbons (Fsp3) is 0.250. The van der Waals surface area contributed by atoms with E-state index in [0.29, 0.717) is 17.9 Å². The zero-order chi connectivity index (χ0) is 17.4. The lowest BCUT2D eigenvalue weighted by Gasteiger charge is -2.09. The Balaban J connectivity index is 2.21. The summed E-state index contributed by atoms with van der Waals surface area (Å²) < 4.78 is 10.6. The summed E-state index contributed by atoms with van der Waals surface area (Å²) in [5, 5.41) is 2.95. The number of anilines is 1. The van der Waals surface area contributed by atoms with E-state index in [4.69, 9.17) is 9.47 Å². The van der Waals surface area contributed by atoms with Gasteiger partial charge in [0.1, 0.15) is 0 Å². The molecule has 0 unspecified atom stereocenters. The van der Waals surface area contributed by atoms with E-state index in [1.807, 2.05) is 61.5 Å². The summed E-state index contributed by atoms with van der Waals surface area (Å²) in [6.07, 6.45) is 5.30. The second-order valence-electron chi connectivity index (χ2n) is 5.33. The van der Waals surface area contributed by atoms with E-state index in [9.17, 15) is 4.79 Å². The number of ether oxygens (including phenoxy) is 2. The summed E-state index contributed by atoms with van der Waals surface area (Å²) in [6.45, 7) is 1.99. The number of benzene rings is 2. The van der Waals surface area contributed by atoms with Crippen LogP contribution < -0.4 is 14.8 Å². The van der Waals surface area contributed by atoms with Gasteiger partial charge in [0, 0.05) is 12.1 Å². The fourth-order valence-electron chi connectivity index (χ4n) is 2.34. The van der Waals surface area contributed by atoms with Crippen LogP contribution in [0.1, 0.15) is 30.9 Å². The van der Waals surface area contributed by atoms with Crippen LogP contribution in [0.5, 0.6) is 11.5 Å². The predicted octanol–water partition coefficient (Wildman–Crippen LogP) is 4.61. The molecular formula is C20H23NO3. The smallest absolute Gasteiger partial charge is 0.224 e. The van der Waals surface area contributed by atoms with Crippen LogP contribution in [0.4, 0.5) is 5.69 Å². The molecule has 2 rings (SSSR count). The van der Waals surface area contributed by atoms with Crippen molar-refractivity contribution >= 4 is 23.7 Å². The first-order valence-electron chi connectivity index (χ1n) is 7.97. The highest BCUT2D eigenvalue weighted by Crippen LogP contribution is 2.28. The molecule has 1 amide bonds. The van der Waals surface area contributed by atoms with E-state index in [1.54, 1.807) is 14.2 Å². The molecule has 126 valence electrons. The Bertz CT molecular complexity index is 723. The maximum Gasteiger partial charge on any atom is 0.224 e. The summed E-state index contributed by atoms with van der Waals surface area (Å²) in [4.78, 5) is 11.8. The van der Waals surface area contributed by atoms with Crippen LogP contribution >= 0.6 is 0 Å². The first kappa shape index (κ1) is 17.6. The minimum atomic E-state index is 0.0319. The van der Waals surface area contributed by atoms with Crippen LogP contribution in [0.25, 0.3) is 12.2 Å². The molecule has 1 N–H and O–H groups in total. The average molecular weight is 325 g/mol. The number of hydrogen-bond acceptors (Lipinski definition) is 3. The zero-order valence-electron chi connectivity index (χ0n) is 14.3. The van der Waals surface area contributed by atoms with Gasteiger partial charge in [-0.1, -0.05) is 43.3 Å². The van der Waals surface area contributed by atoms with E-state index < -0.39 is 0 Å². The molecule has 0 atom stereocenters. The van der Waals surface area contributed by atoms with Crippen LogP contribution in [0.2, 0.25) is 0 Å². The Morgan fingerprint density at radius 1 is 1.04 bits per heavy atom. The number of methoxy groups -OCH3 is 2. The Kier molecular flexibility index (Phi) is 6.43. The molecule has 4 heteroatoms. The van der Waals surface area contributed by atoms with E-state index in [-0.39, 0.29) is 5.91 Å². The predicted molar refractivity (Wildman–Crippen MR) is 98.5 cm³/mol. The molecule has 0 saturated carbocycles. The summed E-state index contributed by atoms with van der Waals surface area (Å²) in [5.41, 5.74) is 2.76. The molecule has 0 saturated heterocycles. The van der Waals surface area contributed by atoms with Crippen molar-refractivity contribution in [3.63, 3.8) is 0 Å². The number of amides is 1. The average Bonchev–Trinajstić information content (AvgIpc) is 2.61. The molecule has 0 aromatic heterocycles. The minimum absolute atomic E-state index is 0.0319. The number of carbonyl (C=O) groups is 1. The van der Waals surface area contributed by atoms with Crippen molar-refractivity contribution < 1.29 is 14.3 Å². The lowest BCUT2D eigenvalue weighted by atomic mass is 10.1. The van der Waals surface area contributed by atoms with Crippen LogP contribution in [0, 0.1) is 0 Å². The van der Waals surface area contributed by atoms with Gasteiger partial charge in [-0.05, 0) is 35.7 Å². The maximum atomic E-state index is 11.8. The van der Waals surface area contributed by atoms with Gasteiger partial charge >= 0.3 is 0 Å². The number of para-hydroxylation sites is 1. The molecule has 4 nitrogen and oxygen atoms in total. The van der Waals surface area contributed by atoms with Gasteiger partial charge in [0.25, 0.3) is 0 Å². The maximum absolute atomic E-state index is 11.8. The molecule has 2 aromatic rings. The largest absolute Gasteiger partial charge is 0.493 e. The molecule has 24 heavy (non-hydrogen) atoms. The van der Waals surface area contributed by atoms with Crippen LogP contribution in [-0.2, 0) is 4.79 Å². The van der Waals surface area contributed by atoms with Gasteiger partial charge in [0.05, 0.1) is 14.2 Å².